The van der Waals surface area contributed by atoms with Gasteiger partial charge in [0.25, 0.3) is 0 Å². The van der Waals surface area contributed by atoms with Crippen LogP contribution >= 0.6 is 23.1 Å². The lowest BCUT2D eigenvalue weighted by atomic mass is 9.89. The van der Waals surface area contributed by atoms with Crippen LogP contribution in [-0.4, -0.2) is 21.3 Å². The van der Waals surface area contributed by atoms with Gasteiger partial charge in [0.1, 0.15) is 11.1 Å². The van der Waals surface area contributed by atoms with Crippen molar-refractivity contribution in [3.8, 4) is 17.3 Å². The molecule has 1 unspecified atom stereocenters. The molecule has 8 heteroatoms. The fourth-order valence-electron chi connectivity index (χ4n) is 3.48. The highest BCUT2D eigenvalue weighted by molar-refractivity contribution is 7.99. The monoisotopic (exact) mass is 423 g/mol. The number of thioether (sulfide) groups is 1. The number of benzene rings is 1. The fourth-order valence-corrected chi connectivity index (χ4v) is 5.56. The number of carbonyl (C=O) groups excluding carboxylic acids is 1. The Hall–Kier alpha value is -2.76. The van der Waals surface area contributed by atoms with Gasteiger partial charge in [0.05, 0.1) is 23.2 Å². The van der Waals surface area contributed by atoms with Crippen LogP contribution < -0.4 is 11.2 Å². The fraction of sp³-hybridized carbons (Fsp3) is 0.286. The molecular weight excluding hydrogens is 402 g/mol. The van der Waals surface area contributed by atoms with Crippen LogP contribution in [0.15, 0.2) is 41.7 Å². The van der Waals surface area contributed by atoms with E-state index in [2.05, 4.69) is 23.3 Å². The van der Waals surface area contributed by atoms with Crippen LogP contribution in [0.5, 0.6) is 0 Å². The van der Waals surface area contributed by atoms with Crippen LogP contribution in [0.25, 0.3) is 11.3 Å². The summed E-state index contributed by atoms with van der Waals surface area (Å²) in [5, 5.41) is 13.7. The number of hydrogen-bond donors (Lipinski definition) is 2. The first-order chi connectivity index (χ1) is 14.0. The molecule has 1 aromatic carbocycles. The minimum atomic E-state index is -0.164. The number of hydrogen-bond acceptors (Lipinski definition) is 6. The van der Waals surface area contributed by atoms with Gasteiger partial charge in [-0.15, -0.1) is 11.3 Å². The zero-order chi connectivity index (χ0) is 20.4. The van der Waals surface area contributed by atoms with E-state index in [-0.39, 0.29) is 11.7 Å². The van der Waals surface area contributed by atoms with Gasteiger partial charge in [-0.3, -0.25) is 4.79 Å². The summed E-state index contributed by atoms with van der Waals surface area (Å²) < 4.78 is 1.44. The van der Waals surface area contributed by atoms with E-state index >= 15 is 0 Å². The Balaban J connectivity index is 1.43. The Morgan fingerprint density at radius 2 is 2.24 bits per heavy atom. The van der Waals surface area contributed by atoms with Crippen molar-refractivity contribution < 1.29 is 4.79 Å². The molecule has 1 aliphatic carbocycles. The Labute approximate surface area is 177 Å². The predicted octanol–water partition coefficient (Wildman–Crippen LogP) is 4.05. The molecule has 1 atom stereocenters. The number of thiophene rings is 1. The number of imidazole rings is 1. The van der Waals surface area contributed by atoms with E-state index in [1.54, 1.807) is 6.20 Å². The smallest absolute Gasteiger partial charge is 0.235 e. The summed E-state index contributed by atoms with van der Waals surface area (Å²) >= 11 is 2.81. The number of nitrogens with one attached hydrogen (secondary N) is 1. The second kappa shape index (κ2) is 8.31. The Kier molecular flexibility index (Phi) is 5.60. The molecule has 6 nitrogen and oxygen atoms in total. The number of fused-ring (bicyclic) bond motifs is 1. The molecular formula is C21H21N5OS2. The summed E-state index contributed by atoms with van der Waals surface area (Å²) in [6.07, 6.45) is 4.72. The van der Waals surface area contributed by atoms with Gasteiger partial charge in [-0.05, 0) is 30.7 Å². The SMILES string of the molecule is CC1CCc2c(sc(NC(=O)CSc3nc(-c4ccccc4)cn3N)c2C#N)C1. The van der Waals surface area contributed by atoms with Crippen LogP contribution in [0.4, 0.5) is 5.00 Å². The summed E-state index contributed by atoms with van der Waals surface area (Å²) in [4.78, 5) is 18.3. The molecule has 0 fully saturated rings. The Morgan fingerprint density at radius 3 is 3.00 bits per heavy atom. The highest BCUT2D eigenvalue weighted by Crippen LogP contribution is 2.39. The summed E-state index contributed by atoms with van der Waals surface area (Å²) in [6.45, 7) is 2.22. The van der Waals surface area contributed by atoms with Gasteiger partial charge < -0.3 is 11.2 Å². The van der Waals surface area contributed by atoms with Gasteiger partial charge in [0.15, 0.2) is 5.16 Å². The zero-order valence-electron chi connectivity index (χ0n) is 16.0. The third-order valence-corrected chi connectivity index (χ3v) is 7.11. The molecule has 2 heterocycles. The highest BCUT2D eigenvalue weighted by atomic mass is 32.2. The minimum absolute atomic E-state index is 0.164. The van der Waals surface area contributed by atoms with E-state index in [9.17, 15) is 10.1 Å². The molecule has 0 saturated carbocycles. The Morgan fingerprint density at radius 1 is 1.45 bits per heavy atom. The molecule has 4 rings (SSSR count). The van der Waals surface area contributed by atoms with Crippen molar-refractivity contribution in [2.24, 2.45) is 5.92 Å². The number of anilines is 1. The molecule has 0 spiro atoms. The number of nitrogen functional groups attached to an aromatic ring is 1. The first-order valence-electron chi connectivity index (χ1n) is 9.42. The molecule has 3 aromatic rings. The maximum atomic E-state index is 12.5. The van der Waals surface area contributed by atoms with E-state index < -0.39 is 0 Å². The van der Waals surface area contributed by atoms with Crippen LogP contribution in [0.1, 0.15) is 29.3 Å². The summed E-state index contributed by atoms with van der Waals surface area (Å²) in [5.74, 6) is 6.63. The average Bonchev–Trinajstić information content (AvgIpc) is 3.26. The number of nitrogens with two attached hydrogens (primary N) is 1. The molecule has 1 amide bonds. The van der Waals surface area contributed by atoms with Gasteiger partial charge in [-0.1, -0.05) is 49.0 Å². The van der Waals surface area contributed by atoms with E-state index in [0.29, 0.717) is 21.6 Å². The second-order valence-electron chi connectivity index (χ2n) is 7.19. The summed E-state index contributed by atoms with van der Waals surface area (Å²) in [7, 11) is 0. The normalized spacial score (nSPS) is 15.5. The molecule has 0 bridgehead atoms. The lowest BCUT2D eigenvalue weighted by molar-refractivity contribution is -0.113. The van der Waals surface area contributed by atoms with Gasteiger partial charge in [-0.25, -0.2) is 9.66 Å². The first kappa shape index (κ1) is 19.6. The van der Waals surface area contributed by atoms with Crippen LogP contribution in [0, 0.1) is 17.2 Å². The number of aromatic nitrogens is 2. The van der Waals surface area contributed by atoms with E-state index in [4.69, 9.17) is 5.84 Å². The maximum absolute atomic E-state index is 12.5. The summed E-state index contributed by atoms with van der Waals surface area (Å²) in [6, 6.07) is 12.0. The maximum Gasteiger partial charge on any atom is 0.235 e. The number of carbonyl (C=O) groups is 1. The minimum Gasteiger partial charge on any atom is -0.337 e. The largest absolute Gasteiger partial charge is 0.337 e. The molecule has 2 aromatic heterocycles. The molecule has 0 aliphatic heterocycles. The van der Waals surface area contributed by atoms with Crippen molar-refractivity contribution in [3.63, 3.8) is 0 Å². The van der Waals surface area contributed by atoms with Crippen LogP contribution in [0.2, 0.25) is 0 Å². The topological polar surface area (TPSA) is 96.7 Å². The van der Waals surface area contributed by atoms with E-state index in [1.807, 2.05) is 30.3 Å². The van der Waals surface area contributed by atoms with Crippen LogP contribution in [0.3, 0.4) is 0 Å². The molecule has 3 N–H and O–H groups in total. The highest BCUT2D eigenvalue weighted by Gasteiger charge is 2.24. The van der Waals surface area contributed by atoms with Gasteiger partial charge in [0.2, 0.25) is 5.91 Å². The number of nitrogens with zero attached hydrogens (tertiary/aromatic N) is 3. The van der Waals surface area contributed by atoms with Crippen molar-refractivity contribution in [2.45, 2.75) is 31.3 Å². The van der Waals surface area contributed by atoms with E-state index in [1.165, 1.54) is 32.7 Å². The quantitative estimate of drug-likeness (QED) is 0.477. The van der Waals surface area contributed by atoms with Gasteiger partial charge >= 0.3 is 0 Å². The van der Waals surface area contributed by atoms with Gasteiger partial charge in [0, 0.05) is 10.4 Å². The van der Waals surface area contributed by atoms with Crippen molar-refractivity contribution in [1.82, 2.24) is 9.66 Å². The summed E-state index contributed by atoms with van der Waals surface area (Å²) in [5.41, 5.74) is 3.48. The second-order valence-corrected chi connectivity index (χ2v) is 9.23. The van der Waals surface area contributed by atoms with Crippen molar-refractivity contribution >= 4 is 34.0 Å². The lowest BCUT2D eigenvalue weighted by Crippen LogP contribution is -2.15. The third-order valence-electron chi connectivity index (χ3n) is 4.98. The van der Waals surface area contributed by atoms with Crippen molar-refractivity contribution in [3.05, 3.63) is 52.5 Å². The molecule has 0 radical (unpaired) electrons. The third kappa shape index (κ3) is 4.16. The number of amides is 1. The average molecular weight is 424 g/mol. The molecule has 1 aliphatic rings. The molecule has 0 saturated heterocycles. The predicted molar refractivity (Wildman–Crippen MR) is 117 cm³/mol. The van der Waals surface area contributed by atoms with Crippen molar-refractivity contribution in [2.75, 3.05) is 16.9 Å². The first-order valence-corrected chi connectivity index (χ1v) is 11.2. The number of rotatable bonds is 5. The van der Waals surface area contributed by atoms with Crippen molar-refractivity contribution in [1.29, 1.82) is 5.26 Å². The molecule has 29 heavy (non-hydrogen) atoms. The standard InChI is InChI=1S/C21H21N5OS2/c1-13-7-8-15-16(10-22)20(29-18(15)9-13)25-19(27)12-28-21-24-17(11-26(21)23)14-5-3-2-4-6-14/h2-6,11,13H,7-9,12,23H2,1H3,(H,25,27). The van der Waals surface area contributed by atoms with Crippen LogP contribution in [-0.2, 0) is 17.6 Å². The lowest BCUT2D eigenvalue weighted by Gasteiger charge is -2.17. The zero-order valence-corrected chi connectivity index (χ0v) is 17.6. The Bertz CT molecular complexity index is 1080. The molecule has 148 valence electrons. The van der Waals surface area contributed by atoms with Gasteiger partial charge in [-0.2, -0.15) is 5.26 Å². The van der Waals surface area contributed by atoms with E-state index in [0.717, 1.165) is 36.1 Å². The number of nitriles is 1.